The predicted molar refractivity (Wildman–Crippen MR) is 70.2 cm³/mol. The van der Waals surface area contributed by atoms with Crippen LogP contribution >= 0.6 is 0 Å². The van der Waals surface area contributed by atoms with E-state index in [-0.39, 0.29) is 0 Å². The van der Waals surface area contributed by atoms with Crippen molar-refractivity contribution in [3.05, 3.63) is 29.3 Å². The quantitative estimate of drug-likeness (QED) is 0.837. The molecule has 1 aromatic rings. The zero-order valence-corrected chi connectivity index (χ0v) is 10.7. The Bertz CT molecular complexity index is 373. The average Bonchev–Trinajstić information content (AvgIpc) is 2.56. The van der Waals surface area contributed by atoms with Crippen LogP contribution < -0.4 is 10.2 Å². The van der Waals surface area contributed by atoms with E-state index in [1.54, 1.807) is 0 Å². The largest absolute Gasteiger partial charge is 0.371 e. The summed E-state index contributed by atoms with van der Waals surface area (Å²) in [6.45, 7) is 4.53. The molecule has 16 heavy (non-hydrogen) atoms. The summed E-state index contributed by atoms with van der Waals surface area (Å²) in [5, 5.41) is 3.31. The summed E-state index contributed by atoms with van der Waals surface area (Å²) in [5.41, 5.74) is 4.46. The topological polar surface area (TPSA) is 15.3 Å². The fourth-order valence-electron chi connectivity index (χ4n) is 2.53. The molecular weight excluding hydrogens is 196 g/mol. The second-order valence-electron chi connectivity index (χ2n) is 4.98. The number of rotatable bonds is 3. The first-order chi connectivity index (χ1) is 7.63. The van der Waals surface area contributed by atoms with Crippen LogP contribution in [0.2, 0.25) is 0 Å². The van der Waals surface area contributed by atoms with Crippen molar-refractivity contribution in [2.45, 2.75) is 38.8 Å². The van der Waals surface area contributed by atoms with Gasteiger partial charge in [0, 0.05) is 24.8 Å². The SMILES string of the molecule is CNC(C)Cc1cccc2c1N(C)C(C)C2. The van der Waals surface area contributed by atoms with Gasteiger partial charge < -0.3 is 10.2 Å². The Morgan fingerprint density at radius 2 is 2.25 bits per heavy atom. The van der Waals surface area contributed by atoms with Gasteiger partial charge in [-0.25, -0.2) is 0 Å². The lowest BCUT2D eigenvalue weighted by molar-refractivity contribution is 0.607. The van der Waals surface area contributed by atoms with Gasteiger partial charge in [-0.1, -0.05) is 18.2 Å². The smallest absolute Gasteiger partial charge is 0.0432 e. The van der Waals surface area contributed by atoms with Crippen LogP contribution in [0.15, 0.2) is 18.2 Å². The number of hydrogen-bond donors (Lipinski definition) is 1. The lowest BCUT2D eigenvalue weighted by Crippen LogP contribution is -2.27. The standard InChI is InChI=1S/C14H22N2/c1-10(15-3)8-12-6-5-7-13-9-11(2)16(4)14(12)13/h5-7,10-11,15H,8-9H2,1-4H3. The average molecular weight is 218 g/mol. The van der Waals surface area contributed by atoms with Gasteiger partial charge in [0.25, 0.3) is 0 Å². The third-order valence-corrected chi connectivity index (χ3v) is 3.75. The fraction of sp³-hybridized carbons (Fsp3) is 0.571. The van der Waals surface area contributed by atoms with Crippen molar-refractivity contribution in [1.82, 2.24) is 5.32 Å². The Morgan fingerprint density at radius 1 is 1.50 bits per heavy atom. The highest BCUT2D eigenvalue weighted by atomic mass is 15.2. The van der Waals surface area contributed by atoms with Crippen LogP contribution in [0, 0.1) is 0 Å². The van der Waals surface area contributed by atoms with Crippen molar-refractivity contribution in [1.29, 1.82) is 0 Å². The van der Waals surface area contributed by atoms with E-state index < -0.39 is 0 Å². The van der Waals surface area contributed by atoms with Crippen molar-refractivity contribution < 1.29 is 0 Å². The Kier molecular flexibility index (Phi) is 3.20. The number of fused-ring (bicyclic) bond motifs is 1. The Morgan fingerprint density at radius 3 is 2.94 bits per heavy atom. The molecule has 0 radical (unpaired) electrons. The highest BCUT2D eigenvalue weighted by Gasteiger charge is 2.25. The molecule has 2 heteroatoms. The van der Waals surface area contributed by atoms with Crippen molar-refractivity contribution in [2.24, 2.45) is 0 Å². The third-order valence-electron chi connectivity index (χ3n) is 3.75. The van der Waals surface area contributed by atoms with E-state index >= 15 is 0 Å². The van der Waals surface area contributed by atoms with E-state index in [0.717, 1.165) is 6.42 Å². The first-order valence-corrected chi connectivity index (χ1v) is 6.14. The van der Waals surface area contributed by atoms with Crippen LogP contribution in [-0.4, -0.2) is 26.2 Å². The maximum atomic E-state index is 3.31. The van der Waals surface area contributed by atoms with Crippen LogP contribution in [0.1, 0.15) is 25.0 Å². The van der Waals surface area contributed by atoms with Crippen molar-refractivity contribution in [3.8, 4) is 0 Å². The van der Waals surface area contributed by atoms with Gasteiger partial charge in [-0.15, -0.1) is 0 Å². The Balaban J connectivity index is 2.31. The summed E-state index contributed by atoms with van der Waals surface area (Å²) in [4.78, 5) is 2.42. The van der Waals surface area contributed by atoms with E-state index in [4.69, 9.17) is 0 Å². The molecule has 1 aliphatic heterocycles. The molecule has 2 rings (SSSR count). The number of anilines is 1. The molecule has 2 atom stereocenters. The minimum Gasteiger partial charge on any atom is -0.371 e. The molecule has 0 saturated carbocycles. The molecule has 0 aliphatic carbocycles. The van der Waals surface area contributed by atoms with Gasteiger partial charge in [0.2, 0.25) is 0 Å². The van der Waals surface area contributed by atoms with Crippen molar-refractivity contribution in [3.63, 3.8) is 0 Å². The predicted octanol–water partition coefficient (Wildman–Crippen LogP) is 2.22. The molecule has 0 aromatic heterocycles. The molecule has 88 valence electrons. The number of para-hydroxylation sites is 1. The van der Waals surface area contributed by atoms with Crippen LogP contribution in [0.3, 0.4) is 0 Å². The summed E-state index contributed by atoms with van der Waals surface area (Å²) in [5.74, 6) is 0. The van der Waals surface area contributed by atoms with E-state index in [9.17, 15) is 0 Å². The van der Waals surface area contributed by atoms with Gasteiger partial charge in [0.05, 0.1) is 0 Å². The van der Waals surface area contributed by atoms with Gasteiger partial charge in [-0.2, -0.15) is 0 Å². The zero-order valence-electron chi connectivity index (χ0n) is 10.7. The van der Waals surface area contributed by atoms with E-state index in [0.29, 0.717) is 12.1 Å². The molecule has 1 N–H and O–H groups in total. The minimum absolute atomic E-state index is 0.538. The molecule has 2 unspecified atom stereocenters. The number of benzene rings is 1. The highest BCUT2D eigenvalue weighted by Crippen LogP contribution is 2.34. The number of nitrogens with one attached hydrogen (secondary N) is 1. The van der Waals surface area contributed by atoms with Crippen molar-refractivity contribution >= 4 is 5.69 Å². The van der Waals surface area contributed by atoms with E-state index in [1.807, 2.05) is 7.05 Å². The maximum Gasteiger partial charge on any atom is 0.0432 e. The summed E-state index contributed by atoms with van der Waals surface area (Å²) in [7, 11) is 4.24. The molecule has 1 heterocycles. The summed E-state index contributed by atoms with van der Waals surface area (Å²) in [6.07, 6.45) is 2.30. The first kappa shape index (κ1) is 11.5. The molecule has 0 bridgehead atoms. The van der Waals surface area contributed by atoms with Crippen LogP contribution in [0.25, 0.3) is 0 Å². The molecule has 2 nitrogen and oxygen atoms in total. The number of likely N-dealkylation sites (N-methyl/N-ethyl adjacent to an activating group) is 2. The van der Waals surface area contributed by atoms with Gasteiger partial charge in [0.1, 0.15) is 0 Å². The van der Waals surface area contributed by atoms with Crippen LogP contribution in [0.4, 0.5) is 5.69 Å². The minimum atomic E-state index is 0.538. The van der Waals surface area contributed by atoms with E-state index in [1.165, 1.54) is 23.2 Å². The Labute approximate surface area is 98.7 Å². The second kappa shape index (κ2) is 4.46. The monoisotopic (exact) mass is 218 g/mol. The van der Waals surface area contributed by atoms with Gasteiger partial charge in [-0.3, -0.25) is 0 Å². The molecule has 1 aromatic carbocycles. The van der Waals surface area contributed by atoms with Gasteiger partial charge in [0.15, 0.2) is 0 Å². The molecule has 1 aliphatic rings. The summed E-state index contributed by atoms with van der Waals surface area (Å²) >= 11 is 0. The number of hydrogen-bond acceptors (Lipinski definition) is 2. The lowest BCUT2D eigenvalue weighted by atomic mass is 10.0. The maximum absolute atomic E-state index is 3.31. The van der Waals surface area contributed by atoms with Gasteiger partial charge >= 0.3 is 0 Å². The molecule has 0 saturated heterocycles. The zero-order chi connectivity index (χ0) is 11.7. The third kappa shape index (κ3) is 1.94. The normalized spacial score (nSPS) is 21.0. The second-order valence-corrected chi connectivity index (χ2v) is 4.98. The van der Waals surface area contributed by atoms with E-state index in [2.05, 4.69) is 49.3 Å². The molecule has 0 fully saturated rings. The summed E-state index contributed by atoms with van der Waals surface area (Å²) in [6, 6.07) is 7.91. The van der Waals surface area contributed by atoms with Crippen molar-refractivity contribution in [2.75, 3.05) is 19.0 Å². The first-order valence-electron chi connectivity index (χ1n) is 6.14. The Hall–Kier alpha value is -1.02. The summed E-state index contributed by atoms with van der Waals surface area (Å²) < 4.78 is 0. The number of nitrogens with zero attached hydrogens (tertiary/aromatic N) is 1. The molecule has 0 amide bonds. The van der Waals surface area contributed by atoms with Crippen LogP contribution in [-0.2, 0) is 12.8 Å². The van der Waals surface area contributed by atoms with Crippen LogP contribution in [0.5, 0.6) is 0 Å². The molecular formula is C14H22N2. The fourth-order valence-corrected chi connectivity index (χ4v) is 2.53. The highest BCUT2D eigenvalue weighted by molar-refractivity contribution is 5.64. The van der Waals surface area contributed by atoms with Gasteiger partial charge in [-0.05, 0) is 44.9 Å². The molecule has 0 spiro atoms. The lowest BCUT2D eigenvalue weighted by Gasteiger charge is -2.22.